The van der Waals surface area contributed by atoms with Crippen molar-refractivity contribution in [3.05, 3.63) is 65.7 Å². The summed E-state index contributed by atoms with van der Waals surface area (Å²) in [5.41, 5.74) is 1.35. The Bertz CT molecular complexity index is 751. The largest absolute Gasteiger partial charge is 0.456 e. The third-order valence-electron chi connectivity index (χ3n) is 2.96. The van der Waals surface area contributed by atoms with Crippen molar-refractivity contribution in [2.45, 2.75) is 20.5 Å². The molecule has 1 heterocycles. The maximum absolute atomic E-state index is 12.0. The highest BCUT2D eigenvalue weighted by atomic mass is 32.1. The molecule has 6 heteroatoms. The number of carbonyl (C=O) groups is 2. The molecule has 5 nitrogen and oxygen atoms in total. The number of allylic oxidation sites excluding steroid dienone is 3. The lowest BCUT2D eigenvalue weighted by molar-refractivity contribution is -0.139. The van der Waals surface area contributed by atoms with E-state index in [1.165, 1.54) is 29.2 Å². The Morgan fingerprint density at radius 1 is 1.25 bits per heavy atom. The highest BCUT2D eigenvalue weighted by Crippen LogP contribution is 2.28. The molecule has 0 unspecified atom stereocenters. The highest BCUT2D eigenvalue weighted by Gasteiger charge is 2.17. The lowest BCUT2D eigenvalue weighted by atomic mass is 10.3. The van der Waals surface area contributed by atoms with E-state index in [2.05, 4.69) is 4.98 Å². The molecule has 0 aliphatic carbocycles. The van der Waals surface area contributed by atoms with Crippen LogP contribution in [-0.2, 0) is 20.9 Å². The van der Waals surface area contributed by atoms with E-state index in [9.17, 15) is 9.59 Å². The fourth-order valence-electron chi connectivity index (χ4n) is 1.91. The second-order valence-corrected chi connectivity index (χ2v) is 5.64. The van der Waals surface area contributed by atoms with Crippen molar-refractivity contribution in [1.82, 2.24) is 4.98 Å². The van der Waals surface area contributed by atoms with Crippen molar-refractivity contribution in [2.75, 3.05) is 4.90 Å². The number of anilines is 2. The van der Waals surface area contributed by atoms with Gasteiger partial charge in [0.25, 0.3) is 0 Å². The van der Waals surface area contributed by atoms with Crippen molar-refractivity contribution >= 4 is 34.0 Å². The molecule has 0 atom stereocenters. The molecule has 0 spiro atoms. The van der Waals surface area contributed by atoms with Gasteiger partial charge in [-0.1, -0.05) is 36.4 Å². The summed E-state index contributed by atoms with van der Waals surface area (Å²) in [5, 5.41) is 2.32. The van der Waals surface area contributed by atoms with Gasteiger partial charge in [-0.25, -0.2) is 9.78 Å². The van der Waals surface area contributed by atoms with E-state index in [4.69, 9.17) is 4.74 Å². The number of aromatic nitrogens is 1. The van der Waals surface area contributed by atoms with Gasteiger partial charge in [0, 0.05) is 18.4 Å². The minimum Gasteiger partial charge on any atom is -0.456 e. The van der Waals surface area contributed by atoms with Crippen LogP contribution < -0.4 is 4.90 Å². The van der Waals surface area contributed by atoms with Gasteiger partial charge < -0.3 is 4.74 Å². The molecular formula is C18H18N2O3S. The number of hydrogen-bond donors (Lipinski definition) is 0. The summed E-state index contributed by atoms with van der Waals surface area (Å²) < 4.78 is 5.12. The monoisotopic (exact) mass is 342 g/mol. The number of benzene rings is 1. The molecule has 0 aliphatic heterocycles. The first kappa shape index (κ1) is 17.6. The number of amides is 1. The number of thiazole rings is 1. The summed E-state index contributed by atoms with van der Waals surface area (Å²) in [4.78, 5) is 29.4. The Labute approximate surface area is 144 Å². The standard InChI is InChI=1S/C18H18N2O3S/c1-3-4-6-11-17(22)23-12-15-13-24-18(19-15)20(14(2)21)16-9-7-5-8-10-16/h3-11,13H,12H2,1-2H3/b4-3+,11-6+. The fraction of sp³-hybridized carbons (Fsp3) is 0.167. The lowest BCUT2D eigenvalue weighted by Crippen LogP contribution is -2.22. The van der Waals surface area contributed by atoms with Crippen LogP contribution in [0.15, 0.2) is 60.0 Å². The maximum atomic E-state index is 12.0. The number of para-hydroxylation sites is 1. The Kier molecular flexibility index (Phi) is 6.45. The molecule has 0 saturated carbocycles. The Hall–Kier alpha value is -2.73. The molecule has 1 aromatic carbocycles. The first-order chi connectivity index (χ1) is 11.6. The predicted octanol–water partition coefficient (Wildman–Crippen LogP) is 4.00. The zero-order chi connectivity index (χ0) is 17.4. The van der Waals surface area contributed by atoms with Gasteiger partial charge in [0.15, 0.2) is 5.13 Å². The van der Waals surface area contributed by atoms with Crippen LogP contribution in [0.3, 0.4) is 0 Å². The zero-order valence-electron chi connectivity index (χ0n) is 13.5. The van der Waals surface area contributed by atoms with Gasteiger partial charge in [0.1, 0.15) is 6.61 Å². The minimum atomic E-state index is -0.436. The summed E-state index contributed by atoms with van der Waals surface area (Å²) in [7, 11) is 0. The molecule has 24 heavy (non-hydrogen) atoms. The lowest BCUT2D eigenvalue weighted by Gasteiger charge is -2.17. The van der Waals surface area contributed by atoms with Crippen molar-refractivity contribution in [3.63, 3.8) is 0 Å². The Balaban J connectivity index is 2.06. The summed E-state index contributed by atoms with van der Waals surface area (Å²) in [5.74, 6) is -0.567. The highest BCUT2D eigenvalue weighted by molar-refractivity contribution is 7.14. The third-order valence-corrected chi connectivity index (χ3v) is 3.83. The maximum Gasteiger partial charge on any atom is 0.331 e. The molecule has 0 radical (unpaired) electrons. The zero-order valence-corrected chi connectivity index (χ0v) is 14.3. The van der Waals surface area contributed by atoms with Crippen LogP contribution in [0.2, 0.25) is 0 Å². The van der Waals surface area contributed by atoms with Gasteiger partial charge in [-0.3, -0.25) is 9.69 Å². The normalized spacial score (nSPS) is 11.1. The molecule has 1 amide bonds. The molecule has 0 N–H and O–H groups in total. The van der Waals surface area contributed by atoms with Crippen molar-refractivity contribution in [3.8, 4) is 0 Å². The number of carbonyl (C=O) groups excluding carboxylic acids is 2. The Morgan fingerprint density at radius 2 is 2.00 bits per heavy atom. The average Bonchev–Trinajstić information content (AvgIpc) is 3.02. The summed E-state index contributed by atoms with van der Waals surface area (Å²) in [6.45, 7) is 3.41. The quantitative estimate of drug-likeness (QED) is 0.452. The first-order valence-corrected chi connectivity index (χ1v) is 8.26. The fourth-order valence-corrected chi connectivity index (χ4v) is 2.78. The van der Waals surface area contributed by atoms with Gasteiger partial charge in [-0.2, -0.15) is 0 Å². The summed E-state index contributed by atoms with van der Waals surface area (Å²) in [6.07, 6.45) is 6.52. The van der Waals surface area contributed by atoms with Crippen molar-refractivity contribution in [1.29, 1.82) is 0 Å². The van der Waals surface area contributed by atoms with Crippen LogP contribution in [0.25, 0.3) is 0 Å². The minimum absolute atomic E-state index is 0.0655. The number of rotatable bonds is 6. The van der Waals surface area contributed by atoms with E-state index in [0.717, 1.165) is 5.69 Å². The van der Waals surface area contributed by atoms with E-state index in [1.54, 1.807) is 17.5 Å². The summed E-state index contributed by atoms with van der Waals surface area (Å²) in [6, 6.07) is 9.29. The number of hydrogen-bond acceptors (Lipinski definition) is 5. The summed E-state index contributed by atoms with van der Waals surface area (Å²) >= 11 is 1.33. The molecule has 0 saturated heterocycles. The van der Waals surface area contributed by atoms with Crippen LogP contribution >= 0.6 is 11.3 Å². The van der Waals surface area contributed by atoms with Gasteiger partial charge >= 0.3 is 5.97 Å². The van der Waals surface area contributed by atoms with Crippen LogP contribution in [0.4, 0.5) is 10.8 Å². The predicted molar refractivity (Wildman–Crippen MR) is 95.1 cm³/mol. The van der Waals surface area contributed by atoms with Gasteiger partial charge in [0.05, 0.1) is 11.4 Å². The van der Waals surface area contributed by atoms with Gasteiger partial charge in [0.2, 0.25) is 5.91 Å². The second-order valence-electron chi connectivity index (χ2n) is 4.80. The van der Waals surface area contributed by atoms with Crippen molar-refractivity contribution in [2.24, 2.45) is 0 Å². The molecular weight excluding hydrogens is 324 g/mol. The van der Waals surface area contributed by atoms with E-state index >= 15 is 0 Å². The Morgan fingerprint density at radius 3 is 2.67 bits per heavy atom. The van der Waals surface area contributed by atoms with Gasteiger partial charge in [-0.05, 0) is 19.1 Å². The average molecular weight is 342 g/mol. The van der Waals surface area contributed by atoms with E-state index in [0.29, 0.717) is 10.8 Å². The molecule has 2 rings (SSSR count). The third kappa shape index (κ3) is 4.89. The van der Waals surface area contributed by atoms with Crippen LogP contribution in [-0.4, -0.2) is 16.9 Å². The van der Waals surface area contributed by atoms with E-state index in [1.807, 2.05) is 43.3 Å². The van der Waals surface area contributed by atoms with Crippen LogP contribution in [0.1, 0.15) is 19.5 Å². The number of ether oxygens (including phenoxy) is 1. The SMILES string of the molecule is C/C=C/C=C/C(=O)OCc1csc(N(C(C)=O)c2ccccc2)n1. The van der Waals surface area contributed by atoms with E-state index < -0.39 is 5.97 Å². The van der Waals surface area contributed by atoms with Crippen LogP contribution in [0, 0.1) is 0 Å². The van der Waals surface area contributed by atoms with Gasteiger partial charge in [-0.15, -0.1) is 11.3 Å². The molecule has 1 aromatic heterocycles. The van der Waals surface area contributed by atoms with Crippen LogP contribution in [0.5, 0.6) is 0 Å². The molecule has 0 bridgehead atoms. The number of nitrogens with zero attached hydrogens (tertiary/aromatic N) is 2. The molecule has 0 fully saturated rings. The second kappa shape index (κ2) is 8.79. The number of esters is 1. The molecule has 2 aromatic rings. The molecule has 124 valence electrons. The topological polar surface area (TPSA) is 59.5 Å². The molecule has 0 aliphatic rings. The van der Waals surface area contributed by atoms with Crippen molar-refractivity contribution < 1.29 is 14.3 Å². The first-order valence-electron chi connectivity index (χ1n) is 7.38. The smallest absolute Gasteiger partial charge is 0.331 e. The van der Waals surface area contributed by atoms with E-state index in [-0.39, 0.29) is 12.5 Å².